The van der Waals surface area contributed by atoms with Gasteiger partial charge in [0.2, 0.25) is 0 Å². The molecule has 1 amide bonds. The largest absolute Gasteiger partial charge is 0.454 e. The number of carbonyl (C=O) groups is 2. The van der Waals surface area contributed by atoms with Crippen molar-refractivity contribution in [2.45, 2.75) is 31.5 Å². The third-order valence-electron chi connectivity index (χ3n) is 6.75. The molecule has 5 nitrogen and oxygen atoms in total. The normalized spacial score (nSPS) is 19.9. The maximum absolute atomic E-state index is 13.3. The van der Waals surface area contributed by atoms with Crippen molar-refractivity contribution in [2.75, 3.05) is 20.1 Å². The highest BCUT2D eigenvalue weighted by Crippen LogP contribution is 2.31. The van der Waals surface area contributed by atoms with E-state index in [1.165, 1.54) is 5.56 Å². The number of amides is 1. The first-order valence-electron chi connectivity index (χ1n) is 11.5. The van der Waals surface area contributed by atoms with Crippen LogP contribution in [0.2, 0.25) is 0 Å². The number of rotatable bonds is 5. The first-order valence-corrected chi connectivity index (χ1v) is 11.5. The van der Waals surface area contributed by atoms with Gasteiger partial charge in [0.15, 0.2) is 0 Å². The van der Waals surface area contributed by atoms with Crippen LogP contribution < -0.4 is 0 Å². The summed E-state index contributed by atoms with van der Waals surface area (Å²) in [6.07, 6.45) is 1.22. The van der Waals surface area contributed by atoms with Crippen LogP contribution in [-0.2, 0) is 17.7 Å². The number of ether oxygens (including phenoxy) is 1. The van der Waals surface area contributed by atoms with E-state index in [0.717, 1.165) is 30.6 Å². The van der Waals surface area contributed by atoms with E-state index in [1.807, 2.05) is 47.4 Å². The van der Waals surface area contributed by atoms with Gasteiger partial charge in [-0.05, 0) is 48.4 Å². The van der Waals surface area contributed by atoms with E-state index >= 15 is 0 Å². The van der Waals surface area contributed by atoms with Gasteiger partial charge in [-0.15, -0.1) is 0 Å². The number of carbonyl (C=O) groups excluding carboxylic acids is 2. The number of benzene rings is 3. The highest BCUT2D eigenvalue weighted by molar-refractivity contribution is 5.98. The summed E-state index contributed by atoms with van der Waals surface area (Å²) in [7, 11) is 2.12. The molecule has 168 valence electrons. The van der Waals surface area contributed by atoms with Crippen molar-refractivity contribution in [1.82, 2.24) is 9.80 Å². The Morgan fingerprint density at radius 1 is 1.03 bits per heavy atom. The predicted octanol–water partition coefficient (Wildman–Crippen LogP) is 4.49. The number of esters is 1. The predicted molar refractivity (Wildman–Crippen MR) is 127 cm³/mol. The first-order chi connectivity index (χ1) is 16.1. The van der Waals surface area contributed by atoms with Gasteiger partial charge in [0.05, 0.1) is 5.56 Å². The van der Waals surface area contributed by atoms with Crippen molar-refractivity contribution in [3.63, 3.8) is 0 Å². The van der Waals surface area contributed by atoms with Crippen LogP contribution >= 0.6 is 0 Å². The third-order valence-corrected chi connectivity index (χ3v) is 6.75. The van der Waals surface area contributed by atoms with Crippen molar-refractivity contribution in [3.8, 4) is 0 Å². The number of nitrogens with zero attached hydrogens (tertiary/aromatic N) is 2. The monoisotopic (exact) mass is 440 g/mol. The standard InChI is InChI=1S/C28H28N2O3/c1-29(18-20-8-4-2-5-9-20)24-14-15-30(19-24)27(31)22-12-13-25-23(16-22)17-26(33-28(25)32)21-10-6-3-7-11-21/h2-13,16,24,26H,14-15,17-19H2,1H3. The van der Waals surface area contributed by atoms with Crippen LogP contribution in [-0.4, -0.2) is 47.9 Å². The zero-order valence-electron chi connectivity index (χ0n) is 18.8. The molecule has 2 atom stereocenters. The molecule has 0 bridgehead atoms. The molecule has 0 spiro atoms. The molecule has 5 rings (SSSR count). The van der Waals surface area contributed by atoms with E-state index in [0.29, 0.717) is 30.1 Å². The number of likely N-dealkylation sites (tertiary alicyclic amines) is 1. The Hall–Kier alpha value is -3.44. The SMILES string of the molecule is CN(Cc1ccccc1)C1CCN(C(=O)c2ccc3c(c2)CC(c2ccccc2)OC3=O)C1. The molecule has 2 aliphatic heterocycles. The average Bonchev–Trinajstić information content (AvgIpc) is 3.35. The lowest BCUT2D eigenvalue weighted by Crippen LogP contribution is -2.36. The Bertz CT molecular complexity index is 1150. The van der Waals surface area contributed by atoms with E-state index in [-0.39, 0.29) is 18.0 Å². The number of hydrogen-bond acceptors (Lipinski definition) is 4. The van der Waals surface area contributed by atoms with Crippen LogP contribution in [0.3, 0.4) is 0 Å². The summed E-state index contributed by atoms with van der Waals surface area (Å²) in [5.74, 6) is -0.295. The molecule has 33 heavy (non-hydrogen) atoms. The average molecular weight is 441 g/mol. The van der Waals surface area contributed by atoms with Gasteiger partial charge in [-0.1, -0.05) is 60.7 Å². The molecule has 0 N–H and O–H groups in total. The number of fused-ring (bicyclic) bond motifs is 1. The third kappa shape index (κ3) is 4.55. The maximum atomic E-state index is 13.3. The zero-order chi connectivity index (χ0) is 22.8. The van der Waals surface area contributed by atoms with Crippen molar-refractivity contribution >= 4 is 11.9 Å². The van der Waals surface area contributed by atoms with Gasteiger partial charge in [-0.25, -0.2) is 4.79 Å². The molecule has 2 heterocycles. The summed E-state index contributed by atoms with van der Waals surface area (Å²) in [6.45, 7) is 2.33. The molecule has 2 aliphatic rings. The van der Waals surface area contributed by atoms with E-state index in [1.54, 1.807) is 12.1 Å². The Morgan fingerprint density at radius 2 is 1.76 bits per heavy atom. The molecule has 0 aliphatic carbocycles. The minimum absolute atomic E-state index is 0.0311. The molecule has 0 saturated carbocycles. The molecule has 5 heteroatoms. The van der Waals surface area contributed by atoms with Crippen LogP contribution in [0.5, 0.6) is 0 Å². The highest BCUT2D eigenvalue weighted by atomic mass is 16.5. The molecular formula is C28H28N2O3. The van der Waals surface area contributed by atoms with Gasteiger partial charge < -0.3 is 9.64 Å². The van der Waals surface area contributed by atoms with Crippen LogP contribution in [0.25, 0.3) is 0 Å². The van der Waals surface area contributed by atoms with Crippen molar-refractivity contribution in [2.24, 2.45) is 0 Å². The lowest BCUT2D eigenvalue weighted by Gasteiger charge is -2.26. The highest BCUT2D eigenvalue weighted by Gasteiger charge is 2.32. The second kappa shape index (κ2) is 9.20. The van der Waals surface area contributed by atoms with E-state index in [2.05, 4.69) is 36.2 Å². The number of likely N-dealkylation sites (N-methyl/N-ethyl adjacent to an activating group) is 1. The Kier molecular flexibility index (Phi) is 5.97. The summed E-state index contributed by atoms with van der Waals surface area (Å²) in [5.41, 5.74) is 4.32. The quantitative estimate of drug-likeness (QED) is 0.549. The van der Waals surface area contributed by atoms with Gasteiger partial charge in [-0.3, -0.25) is 9.69 Å². The summed E-state index contributed by atoms with van der Waals surface area (Å²) < 4.78 is 5.65. The lowest BCUT2D eigenvalue weighted by molar-refractivity contribution is 0.0252. The minimum Gasteiger partial charge on any atom is -0.454 e. The summed E-state index contributed by atoms with van der Waals surface area (Å²) >= 11 is 0. The molecule has 2 unspecified atom stereocenters. The molecule has 0 aromatic heterocycles. The Morgan fingerprint density at radius 3 is 2.52 bits per heavy atom. The van der Waals surface area contributed by atoms with E-state index < -0.39 is 0 Å². The van der Waals surface area contributed by atoms with Gasteiger partial charge in [0, 0.05) is 37.7 Å². The second-order valence-electron chi connectivity index (χ2n) is 8.98. The summed E-state index contributed by atoms with van der Waals surface area (Å²) in [5, 5.41) is 0. The molecule has 3 aromatic carbocycles. The van der Waals surface area contributed by atoms with Gasteiger partial charge in [0.25, 0.3) is 5.91 Å². The fraction of sp³-hybridized carbons (Fsp3) is 0.286. The topological polar surface area (TPSA) is 49.9 Å². The fourth-order valence-corrected chi connectivity index (χ4v) is 4.85. The van der Waals surface area contributed by atoms with Gasteiger partial charge in [0.1, 0.15) is 6.10 Å². The van der Waals surface area contributed by atoms with Crippen LogP contribution in [0.4, 0.5) is 0 Å². The Balaban J connectivity index is 1.28. The first kappa shape index (κ1) is 21.4. The summed E-state index contributed by atoms with van der Waals surface area (Å²) in [6, 6.07) is 25.9. The second-order valence-corrected chi connectivity index (χ2v) is 8.98. The lowest BCUT2D eigenvalue weighted by atomic mass is 9.93. The molecular weight excluding hydrogens is 412 g/mol. The zero-order valence-corrected chi connectivity index (χ0v) is 18.8. The number of cyclic esters (lactones) is 1. The van der Waals surface area contributed by atoms with Crippen molar-refractivity contribution in [1.29, 1.82) is 0 Å². The fourth-order valence-electron chi connectivity index (χ4n) is 4.85. The van der Waals surface area contributed by atoms with E-state index in [9.17, 15) is 9.59 Å². The maximum Gasteiger partial charge on any atom is 0.339 e. The molecule has 1 fully saturated rings. The molecule has 1 saturated heterocycles. The smallest absolute Gasteiger partial charge is 0.339 e. The van der Waals surface area contributed by atoms with Crippen LogP contribution in [0.1, 0.15) is 49.9 Å². The van der Waals surface area contributed by atoms with Crippen molar-refractivity contribution in [3.05, 3.63) is 107 Å². The van der Waals surface area contributed by atoms with Crippen LogP contribution in [0.15, 0.2) is 78.9 Å². The Labute approximate surface area is 194 Å². The van der Waals surface area contributed by atoms with Gasteiger partial charge >= 0.3 is 5.97 Å². The molecule has 3 aromatic rings. The number of hydrogen-bond donors (Lipinski definition) is 0. The molecule has 0 radical (unpaired) electrons. The van der Waals surface area contributed by atoms with E-state index in [4.69, 9.17) is 4.74 Å². The van der Waals surface area contributed by atoms with Crippen LogP contribution in [0, 0.1) is 0 Å². The minimum atomic E-state index is -0.326. The van der Waals surface area contributed by atoms with Gasteiger partial charge in [-0.2, -0.15) is 0 Å². The van der Waals surface area contributed by atoms with Crippen molar-refractivity contribution < 1.29 is 14.3 Å². The summed E-state index contributed by atoms with van der Waals surface area (Å²) in [4.78, 5) is 30.1.